The van der Waals surface area contributed by atoms with Gasteiger partial charge in [-0.15, -0.1) is 11.3 Å². The lowest BCUT2D eigenvalue weighted by Crippen LogP contribution is -1.95. The van der Waals surface area contributed by atoms with Crippen LogP contribution in [0.1, 0.15) is 10.5 Å². The number of carboxylic acid groups (broad SMARTS) is 1. The van der Waals surface area contributed by atoms with E-state index in [1.165, 1.54) is 17.4 Å². The maximum atomic E-state index is 10.9. The van der Waals surface area contributed by atoms with Crippen LogP contribution in [0.2, 0.25) is 0 Å². The van der Waals surface area contributed by atoms with Crippen LogP contribution in [-0.2, 0) is 0 Å². The van der Waals surface area contributed by atoms with E-state index in [0.717, 1.165) is 15.0 Å². The molecule has 21 heavy (non-hydrogen) atoms. The van der Waals surface area contributed by atoms with Crippen molar-refractivity contribution in [2.75, 3.05) is 14.2 Å². The first-order valence-electron chi connectivity index (χ1n) is 6.07. The van der Waals surface area contributed by atoms with Gasteiger partial charge in [-0.3, -0.25) is 5.10 Å². The number of ether oxygens (including phenoxy) is 2. The predicted octanol–water partition coefficient (Wildman–Crippen LogP) is 3.01. The number of H-pyrrole nitrogens is 1. The number of carbonyl (C=O) groups is 1. The van der Waals surface area contributed by atoms with Crippen LogP contribution < -0.4 is 9.47 Å². The van der Waals surface area contributed by atoms with Crippen LogP contribution in [-0.4, -0.2) is 35.5 Å². The van der Waals surface area contributed by atoms with Gasteiger partial charge in [0.05, 0.1) is 24.8 Å². The van der Waals surface area contributed by atoms with Crippen molar-refractivity contribution in [3.05, 3.63) is 30.0 Å². The average Bonchev–Trinajstić information content (AvgIpc) is 3.11. The Morgan fingerprint density at radius 2 is 1.90 bits per heavy atom. The molecule has 0 aliphatic carbocycles. The summed E-state index contributed by atoms with van der Waals surface area (Å²) in [4.78, 5) is 11.8. The van der Waals surface area contributed by atoms with E-state index in [9.17, 15) is 4.79 Å². The molecule has 7 heteroatoms. The van der Waals surface area contributed by atoms with Gasteiger partial charge in [0.2, 0.25) is 0 Å². The molecule has 0 spiro atoms. The minimum atomic E-state index is -1.05. The van der Waals surface area contributed by atoms with Gasteiger partial charge in [-0.1, -0.05) is 0 Å². The van der Waals surface area contributed by atoms with E-state index in [-0.39, 0.29) is 5.69 Å². The first kappa shape index (κ1) is 13.4. The fraction of sp³-hybridized carbons (Fsp3) is 0.143. The van der Waals surface area contributed by atoms with Gasteiger partial charge >= 0.3 is 5.97 Å². The zero-order valence-corrected chi connectivity index (χ0v) is 12.2. The molecule has 0 saturated heterocycles. The van der Waals surface area contributed by atoms with Crippen LogP contribution in [0.3, 0.4) is 0 Å². The highest BCUT2D eigenvalue weighted by molar-refractivity contribution is 7.22. The van der Waals surface area contributed by atoms with Crippen molar-refractivity contribution in [1.82, 2.24) is 10.2 Å². The lowest BCUT2D eigenvalue weighted by molar-refractivity contribution is 0.0690. The molecule has 0 saturated carbocycles. The highest BCUT2D eigenvalue weighted by atomic mass is 32.1. The number of thiophene rings is 1. The number of aromatic carboxylic acids is 1. The minimum absolute atomic E-state index is 0.00221. The molecule has 6 nitrogen and oxygen atoms in total. The number of nitrogens with zero attached hydrogens (tertiary/aromatic N) is 1. The molecule has 0 aliphatic heterocycles. The highest BCUT2D eigenvalue weighted by Crippen LogP contribution is 2.39. The standard InChI is InChI=1S/C14H12N2O4S/c1-19-10-3-7-4-13(21-12(7)6-11(10)20-2)8-5-9(14(17)18)16-15-8/h3-6H,1-2H3,(H,15,16)(H,17,18). The average molecular weight is 304 g/mol. The van der Waals surface area contributed by atoms with Gasteiger partial charge in [0.15, 0.2) is 17.2 Å². The maximum Gasteiger partial charge on any atom is 0.356 e. The molecule has 0 unspecified atom stereocenters. The maximum absolute atomic E-state index is 10.9. The van der Waals surface area contributed by atoms with Gasteiger partial charge in [-0.05, 0) is 23.6 Å². The van der Waals surface area contributed by atoms with Crippen LogP contribution in [0.5, 0.6) is 11.5 Å². The van der Waals surface area contributed by atoms with Gasteiger partial charge in [-0.2, -0.15) is 5.10 Å². The van der Waals surface area contributed by atoms with E-state index in [4.69, 9.17) is 14.6 Å². The number of carboxylic acids is 1. The number of methoxy groups -OCH3 is 2. The first-order valence-corrected chi connectivity index (χ1v) is 6.88. The highest BCUT2D eigenvalue weighted by Gasteiger charge is 2.13. The molecule has 2 heterocycles. The summed E-state index contributed by atoms with van der Waals surface area (Å²) < 4.78 is 11.6. The van der Waals surface area contributed by atoms with Gasteiger partial charge < -0.3 is 14.6 Å². The number of hydrogen-bond donors (Lipinski definition) is 2. The van der Waals surface area contributed by atoms with Crippen LogP contribution in [0, 0.1) is 0 Å². The normalized spacial score (nSPS) is 10.8. The monoisotopic (exact) mass is 304 g/mol. The summed E-state index contributed by atoms with van der Waals surface area (Å²) >= 11 is 1.52. The summed E-state index contributed by atoms with van der Waals surface area (Å²) in [6, 6.07) is 7.27. The Morgan fingerprint density at radius 1 is 1.19 bits per heavy atom. The summed E-state index contributed by atoms with van der Waals surface area (Å²) in [7, 11) is 3.18. The largest absolute Gasteiger partial charge is 0.493 e. The van der Waals surface area contributed by atoms with Crippen LogP contribution in [0.4, 0.5) is 0 Å². The summed E-state index contributed by atoms with van der Waals surface area (Å²) in [6.45, 7) is 0. The van der Waals surface area contributed by atoms with Crippen molar-refractivity contribution >= 4 is 27.4 Å². The van der Waals surface area contributed by atoms with Gasteiger partial charge in [0, 0.05) is 10.8 Å². The second-order valence-electron chi connectivity index (χ2n) is 4.33. The van der Waals surface area contributed by atoms with Crippen molar-refractivity contribution in [2.24, 2.45) is 0 Å². The third-order valence-electron chi connectivity index (χ3n) is 3.08. The van der Waals surface area contributed by atoms with E-state index in [2.05, 4.69) is 10.2 Å². The van der Waals surface area contributed by atoms with E-state index in [0.29, 0.717) is 17.2 Å². The van der Waals surface area contributed by atoms with Crippen molar-refractivity contribution in [3.63, 3.8) is 0 Å². The van der Waals surface area contributed by atoms with Crippen molar-refractivity contribution in [3.8, 4) is 22.1 Å². The van der Waals surface area contributed by atoms with Gasteiger partial charge in [-0.25, -0.2) is 4.79 Å². The first-order chi connectivity index (χ1) is 10.1. The van der Waals surface area contributed by atoms with Crippen molar-refractivity contribution in [1.29, 1.82) is 0 Å². The Labute approximate surface area is 123 Å². The molecule has 0 atom stereocenters. The number of benzene rings is 1. The molecule has 0 radical (unpaired) electrons. The Hall–Kier alpha value is -2.54. The van der Waals surface area contributed by atoms with E-state index in [1.54, 1.807) is 14.2 Å². The number of nitrogens with one attached hydrogen (secondary N) is 1. The van der Waals surface area contributed by atoms with Crippen molar-refractivity contribution in [2.45, 2.75) is 0 Å². The lowest BCUT2D eigenvalue weighted by atomic mass is 10.2. The zero-order valence-electron chi connectivity index (χ0n) is 11.3. The molecule has 108 valence electrons. The topological polar surface area (TPSA) is 84.4 Å². The Kier molecular flexibility index (Phi) is 3.26. The Balaban J connectivity index is 2.09. The molecular weight excluding hydrogens is 292 g/mol. The molecule has 1 aromatic carbocycles. The third-order valence-corrected chi connectivity index (χ3v) is 4.22. The third kappa shape index (κ3) is 2.31. The molecule has 0 bridgehead atoms. The molecule has 0 fully saturated rings. The predicted molar refractivity (Wildman–Crippen MR) is 79.5 cm³/mol. The molecule has 0 amide bonds. The van der Waals surface area contributed by atoms with Crippen LogP contribution >= 0.6 is 11.3 Å². The second-order valence-corrected chi connectivity index (χ2v) is 5.41. The van der Waals surface area contributed by atoms with Crippen molar-refractivity contribution < 1.29 is 19.4 Å². The smallest absolute Gasteiger partial charge is 0.356 e. The zero-order chi connectivity index (χ0) is 15.0. The summed E-state index contributed by atoms with van der Waals surface area (Å²) in [5.41, 5.74) is 0.671. The lowest BCUT2D eigenvalue weighted by Gasteiger charge is -2.06. The molecule has 3 aromatic rings. The Morgan fingerprint density at radius 3 is 2.52 bits per heavy atom. The molecular formula is C14H12N2O4S. The van der Waals surface area contributed by atoms with E-state index in [1.807, 2.05) is 18.2 Å². The van der Waals surface area contributed by atoms with Crippen LogP contribution in [0.25, 0.3) is 20.7 Å². The summed E-state index contributed by atoms with van der Waals surface area (Å²) in [6.07, 6.45) is 0. The van der Waals surface area contributed by atoms with E-state index >= 15 is 0 Å². The number of aromatic amines is 1. The van der Waals surface area contributed by atoms with Gasteiger partial charge in [0.1, 0.15) is 0 Å². The fourth-order valence-corrected chi connectivity index (χ4v) is 3.10. The number of fused-ring (bicyclic) bond motifs is 1. The van der Waals surface area contributed by atoms with Gasteiger partial charge in [0.25, 0.3) is 0 Å². The molecule has 3 rings (SSSR count). The minimum Gasteiger partial charge on any atom is -0.493 e. The Bertz CT molecular complexity index is 781. The fourth-order valence-electron chi connectivity index (χ4n) is 2.06. The summed E-state index contributed by atoms with van der Waals surface area (Å²) in [5, 5.41) is 16.4. The second kappa shape index (κ2) is 5.10. The SMILES string of the molecule is COc1cc2cc(-c3cc(C(=O)O)n[nH]3)sc2cc1OC. The molecule has 0 aliphatic rings. The molecule has 2 N–H and O–H groups in total. The quantitative estimate of drug-likeness (QED) is 0.774. The number of rotatable bonds is 4. The molecule has 2 aromatic heterocycles. The summed E-state index contributed by atoms with van der Waals surface area (Å²) in [5.74, 6) is 0.265. The van der Waals surface area contributed by atoms with Crippen LogP contribution in [0.15, 0.2) is 24.3 Å². The number of hydrogen-bond acceptors (Lipinski definition) is 5. The number of aromatic nitrogens is 2. The van der Waals surface area contributed by atoms with E-state index < -0.39 is 5.97 Å².